The number of ether oxygens (including phenoxy) is 1. The van der Waals surface area contributed by atoms with Crippen molar-refractivity contribution in [3.05, 3.63) is 84.4 Å². The summed E-state index contributed by atoms with van der Waals surface area (Å²) in [4.78, 5) is 29.2. The van der Waals surface area contributed by atoms with E-state index in [1.54, 1.807) is 0 Å². The van der Waals surface area contributed by atoms with Gasteiger partial charge in [0.25, 0.3) is 0 Å². The number of nitrogens with zero attached hydrogens (tertiary/aromatic N) is 2. The van der Waals surface area contributed by atoms with Crippen LogP contribution in [0.15, 0.2) is 78.9 Å². The van der Waals surface area contributed by atoms with Crippen LogP contribution < -0.4 is 10.2 Å². The highest BCUT2D eigenvalue weighted by atomic mass is 16.6. The number of carbonyl (C=O) groups is 2. The van der Waals surface area contributed by atoms with Crippen LogP contribution in [0.3, 0.4) is 0 Å². The Kier molecular flexibility index (Phi) is 6.93. The SMILES string of the molecule is CN(C)c1ccc(-c2cccc(NC(=O)[C@@H]3CCCN3C(=O)OCc3ccccc3)c2)cc1. The molecule has 4 rings (SSSR count). The lowest BCUT2D eigenvalue weighted by Crippen LogP contribution is -2.43. The van der Waals surface area contributed by atoms with E-state index in [0.29, 0.717) is 18.7 Å². The molecule has 6 heteroatoms. The van der Waals surface area contributed by atoms with Crippen molar-refractivity contribution in [2.24, 2.45) is 0 Å². The number of hydrogen-bond donors (Lipinski definition) is 1. The van der Waals surface area contributed by atoms with E-state index in [2.05, 4.69) is 34.5 Å². The van der Waals surface area contributed by atoms with Gasteiger partial charge in [-0.3, -0.25) is 9.69 Å². The molecule has 6 nitrogen and oxygen atoms in total. The molecular formula is C27H29N3O3. The summed E-state index contributed by atoms with van der Waals surface area (Å²) in [6.45, 7) is 0.711. The Labute approximate surface area is 194 Å². The van der Waals surface area contributed by atoms with E-state index in [1.807, 2.05) is 68.7 Å². The van der Waals surface area contributed by atoms with Gasteiger partial charge in [0, 0.05) is 32.0 Å². The largest absolute Gasteiger partial charge is 0.445 e. The highest BCUT2D eigenvalue weighted by Crippen LogP contribution is 2.26. The Bertz CT molecular complexity index is 1100. The van der Waals surface area contributed by atoms with Crippen LogP contribution in [0, 0.1) is 0 Å². The van der Waals surface area contributed by atoms with Crippen LogP contribution in [0.4, 0.5) is 16.2 Å². The van der Waals surface area contributed by atoms with Gasteiger partial charge in [-0.05, 0) is 53.8 Å². The number of nitrogens with one attached hydrogen (secondary N) is 1. The third-order valence-corrected chi connectivity index (χ3v) is 5.84. The second-order valence-electron chi connectivity index (χ2n) is 8.40. The molecule has 170 valence electrons. The molecule has 0 radical (unpaired) electrons. The number of rotatable bonds is 6. The highest BCUT2D eigenvalue weighted by molar-refractivity contribution is 5.97. The first-order valence-corrected chi connectivity index (χ1v) is 11.2. The molecule has 3 aromatic rings. The number of anilines is 2. The summed E-state index contributed by atoms with van der Waals surface area (Å²) in [6, 6.07) is 25.0. The van der Waals surface area contributed by atoms with Gasteiger partial charge < -0.3 is 15.0 Å². The standard InChI is InChI=1S/C27H29N3O3/c1-29(2)24-15-13-21(14-16-24)22-10-6-11-23(18-22)28-26(31)25-12-7-17-30(25)27(32)33-19-20-8-4-3-5-9-20/h3-6,8-11,13-16,18,25H,7,12,17,19H2,1-2H3,(H,28,31)/t25-/m0/s1. The fourth-order valence-corrected chi connectivity index (χ4v) is 4.01. The van der Waals surface area contributed by atoms with Crippen molar-refractivity contribution < 1.29 is 14.3 Å². The summed E-state index contributed by atoms with van der Waals surface area (Å²) in [5.41, 5.74) is 4.84. The Hall–Kier alpha value is -3.80. The first kappa shape index (κ1) is 22.4. The summed E-state index contributed by atoms with van der Waals surface area (Å²) < 4.78 is 5.45. The quantitative estimate of drug-likeness (QED) is 0.572. The Morgan fingerprint density at radius 3 is 2.45 bits per heavy atom. The highest BCUT2D eigenvalue weighted by Gasteiger charge is 2.35. The molecular weight excluding hydrogens is 414 g/mol. The van der Waals surface area contributed by atoms with E-state index in [0.717, 1.165) is 28.8 Å². The first-order chi connectivity index (χ1) is 16.0. The summed E-state index contributed by atoms with van der Waals surface area (Å²) in [5.74, 6) is -0.190. The van der Waals surface area contributed by atoms with E-state index in [1.165, 1.54) is 4.90 Å². The molecule has 0 saturated carbocycles. The van der Waals surface area contributed by atoms with Crippen LogP contribution in [-0.4, -0.2) is 43.6 Å². The Morgan fingerprint density at radius 1 is 0.970 bits per heavy atom. The average molecular weight is 444 g/mol. The maximum Gasteiger partial charge on any atom is 0.410 e. The van der Waals surface area contributed by atoms with Crippen LogP contribution in [0.5, 0.6) is 0 Å². The van der Waals surface area contributed by atoms with E-state index in [-0.39, 0.29) is 12.5 Å². The second kappa shape index (κ2) is 10.2. The van der Waals surface area contributed by atoms with E-state index in [4.69, 9.17) is 4.74 Å². The number of benzene rings is 3. The maximum absolute atomic E-state index is 13.0. The summed E-state index contributed by atoms with van der Waals surface area (Å²) in [5, 5.41) is 2.99. The van der Waals surface area contributed by atoms with Crippen LogP contribution in [-0.2, 0) is 16.1 Å². The van der Waals surface area contributed by atoms with E-state index >= 15 is 0 Å². The smallest absolute Gasteiger partial charge is 0.410 e. The molecule has 0 aliphatic carbocycles. The molecule has 2 amide bonds. The Balaban J connectivity index is 1.40. The molecule has 1 saturated heterocycles. The molecule has 1 aliphatic rings. The van der Waals surface area contributed by atoms with Gasteiger partial charge >= 0.3 is 6.09 Å². The zero-order chi connectivity index (χ0) is 23.2. The van der Waals surface area contributed by atoms with Crippen molar-refractivity contribution in [2.75, 3.05) is 30.9 Å². The van der Waals surface area contributed by atoms with Crippen molar-refractivity contribution in [3.63, 3.8) is 0 Å². The summed E-state index contributed by atoms with van der Waals surface area (Å²) in [6.07, 6.45) is 0.945. The van der Waals surface area contributed by atoms with Gasteiger partial charge in [-0.1, -0.05) is 54.6 Å². The normalized spacial score (nSPS) is 15.2. The zero-order valence-corrected chi connectivity index (χ0v) is 19.0. The minimum absolute atomic E-state index is 0.190. The van der Waals surface area contributed by atoms with Gasteiger partial charge in [0.1, 0.15) is 12.6 Å². The number of carbonyl (C=O) groups excluding carboxylic acids is 2. The molecule has 0 spiro atoms. The molecule has 0 unspecified atom stereocenters. The lowest BCUT2D eigenvalue weighted by Gasteiger charge is -2.23. The number of hydrogen-bond acceptors (Lipinski definition) is 4. The summed E-state index contributed by atoms with van der Waals surface area (Å²) in [7, 11) is 4.02. The minimum atomic E-state index is -0.531. The lowest BCUT2D eigenvalue weighted by molar-refractivity contribution is -0.120. The molecule has 1 N–H and O–H groups in total. The van der Waals surface area contributed by atoms with Crippen LogP contribution >= 0.6 is 0 Å². The van der Waals surface area contributed by atoms with Crippen LogP contribution in [0.1, 0.15) is 18.4 Å². The Morgan fingerprint density at radius 2 is 1.73 bits per heavy atom. The van der Waals surface area contributed by atoms with Gasteiger partial charge in [0.15, 0.2) is 0 Å². The third-order valence-electron chi connectivity index (χ3n) is 5.84. The van der Waals surface area contributed by atoms with Crippen molar-refractivity contribution in [1.29, 1.82) is 0 Å². The fraction of sp³-hybridized carbons (Fsp3) is 0.259. The number of amides is 2. The topological polar surface area (TPSA) is 61.9 Å². The molecule has 1 fully saturated rings. The average Bonchev–Trinajstić information content (AvgIpc) is 3.34. The maximum atomic E-state index is 13.0. The molecule has 3 aromatic carbocycles. The van der Waals surface area contributed by atoms with Crippen molar-refractivity contribution in [3.8, 4) is 11.1 Å². The van der Waals surface area contributed by atoms with Gasteiger partial charge in [0.2, 0.25) is 5.91 Å². The van der Waals surface area contributed by atoms with Gasteiger partial charge in [-0.2, -0.15) is 0 Å². The molecule has 33 heavy (non-hydrogen) atoms. The van der Waals surface area contributed by atoms with Gasteiger partial charge in [-0.15, -0.1) is 0 Å². The monoisotopic (exact) mass is 443 g/mol. The molecule has 1 atom stereocenters. The van der Waals surface area contributed by atoms with Crippen molar-refractivity contribution >= 4 is 23.4 Å². The van der Waals surface area contributed by atoms with Gasteiger partial charge in [0.05, 0.1) is 0 Å². The summed E-state index contributed by atoms with van der Waals surface area (Å²) >= 11 is 0. The molecule has 1 aliphatic heterocycles. The van der Waals surface area contributed by atoms with E-state index in [9.17, 15) is 9.59 Å². The van der Waals surface area contributed by atoms with Crippen LogP contribution in [0.25, 0.3) is 11.1 Å². The first-order valence-electron chi connectivity index (χ1n) is 11.2. The van der Waals surface area contributed by atoms with Crippen molar-refractivity contribution in [1.82, 2.24) is 4.90 Å². The molecule has 0 bridgehead atoms. The predicted octanol–water partition coefficient (Wildman–Crippen LogP) is 5.16. The minimum Gasteiger partial charge on any atom is -0.445 e. The van der Waals surface area contributed by atoms with Crippen molar-refractivity contribution in [2.45, 2.75) is 25.5 Å². The lowest BCUT2D eigenvalue weighted by atomic mass is 10.0. The number of likely N-dealkylation sites (tertiary alicyclic amines) is 1. The second-order valence-corrected chi connectivity index (χ2v) is 8.40. The predicted molar refractivity (Wildman–Crippen MR) is 131 cm³/mol. The van der Waals surface area contributed by atoms with Gasteiger partial charge in [-0.25, -0.2) is 4.79 Å². The van der Waals surface area contributed by atoms with E-state index < -0.39 is 12.1 Å². The third kappa shape index (κ3) is 5.52. The molecule has 1 heterocycles. The van der Waals surface area contributed by atoms with Crippen LogP contribution in [0.2, 0.25) is 0 Å². The zero-order valence-electron chi connectivity index (χ0n) is 19.0. The fourth-order valence-electron chi connectivity index (χ4n) is 4.01. The molecule has 0 aromatic heterocycles.